The van der Waals surface area contributed by atoms with Crippen molar-refractivity contribution in [3.05, 3.63) is 18.3 Å². The number of carbonyl (C=O) groups excluding carboxylic acids is 1. The first-order chi connectivity index (χ1) is 5.38. The summed E-state index contributed by atoms with van der Waals surface area (Å²) in [6.45, 7) is 2.49. The molecule has 0 saturated carbocycles. The van der Waals surface area contributed by atoms with Crippen LogP contribution in [0.2, 0.25) is 0 Å². The van der Waals surface area contributed by atoms with Crippen molar-refractivity contribution in [1.82, 2.24) is 10.2 Å². The Morgan fingerprint density at radius 3 is 3.00 bits per heavy atom. The van der Waals surface area contributed by atoms with E-state index < -0.39 is 0 Å². The van der Waals surface area contributed by atoms with E-state index in [1.165, 1.54) is 4.90 Å². The molecule has 1 rings (SSSR count). The fourth-order valence-corrected chi connectivity index (χ4v) is 0.737. The maximum Gasteiger partial charge on any atom is 0.215 e. The molecule has 1 aromatic heterocycles. The number of nitrogens with zero attached hydrogens (tertiary/aromatic N) is 3. The fourth-order valence-electron chi connectivity index (χ4n) is 0.737. The second-order valence-corrected chi connectivity index (χ2v) is 1.97. The zero-order chi connectivity index (χ0) is 8.10. The number of carbonyl (C=O) groups is 1. The normalized spacial score (nSPS) is 9.18. The Balaban J connectivity index is 2.82. The van der Waals surface area contributed by atoms with Gasteiger partial charge in [0.2, 0.25) is 6.41 Å². The average molecular weight is 151 g/mol. The SMILES string of the molecule is CCN(C=O)c1cccnn1. The van der Waals surface area contributed by atoms with Crippen LogP contribution in [0.3, 0.4) is 0 Å². The molecule has 0 aliphatic carbocycles. The molecule has 11 heavy (non-hydrogen) atoms. The molecule has 0 aromatic carbocycles. The van der Waals surface area contributed by atoms with E-state index in [4.69, 9.17) is 0 Å². The molecule has 4 nitrogen and oxygen atoms in total. The van der Waals surface area contributed by atoms with Crippen LogP contribution < -0.4 is 4.90 Å². The Hall–Kier alpha value is -1.45. The lowest BCUT2D eigenvalue weighted by atomic mass is 10.5. The van der Waals surface area contributed by atoms with E-state index in [1.54, 1.807) is 18.3 Å². The highest BCUT2D eigenvalue weighted by molar-refractivity contribution is 5.72. The van der Waals surface area contributed by atoms with Crippen molar-refractivity contribution in [3.63, 3.8) is 0 Å². The summed E-state index contributed by atoms with van der Waals surface area (Å²) in [6, 6.07) is 3.49. The van der Waals surface area contributed by atoms with Crippen LogP contribution in [0.25, 0.3) is 0 Å². The third-order valence-corrected chi connectivity index (χ3v) is 1.32. The quantitative estimate of drug-likeness (QED) is 0.589. The third kappa shape index (κ3) is 1.73. The first-order valence-corrected chi connectivity index (χ1v) is 3.38. The Morgan fingerprint density at radius 2 is 2.55 bits per heavy atom. The molecule has 0 spiro atoms. The van der Waals surface area contributed by atoms with Gasteiger partial charge in [0.05, 0.1) is 0 Å². The van der Waals surface area contributed by atoms with Crippen LogP contribution in [0.15, 0.2) is 18.3 Å². The lowest BCUT2D eigenvalue weighted by molar-refractivity contribution is -0.107. The van der Waals surface area contributed by atoms with Gasteiger partial charge in [-0.2, -0.15) is 5.10 Å². The van der Waals surface area contributed by atoms with Crippen molar-refractivity contribution in [2.45, 2.75) is 6.92 Å². The molecule has 0 unspecified atom stereocenters. The number of hydrogen-bond donors (Lipinski definition) is 0. The Bertz CT molecular complexity index is 224. The van der Waals surface area contributed by atoms with Crippen molar-refractivity contribution in [3.8, 4) is 0 Å². The lowest BCUT2D eigenvalue weighted by Gasteiger charge is -2.11. The van der Waals surface area contributed by atoms with Gasteiger partial charge in [-0.1, -0.05) is 0 Å². The Morgan fingerprint density at radius 1 is 1.73 bits per heavy atom. The summed E-state index contributed by atoms with van der Waals surface area (Å²) in [7, 11) is 0. The van der Waals surface area contributed by atoms with Gasteiger partial charge in [0.1, 0.15) is 0 Å². The molecule has 4 heteroatoms. The van der Waals surface area contributed by atoms with Crippen LogP contribution in [0.5, 0.6) is 0 Å². The van der Waals surface area contributed by atoms with Gasteiger partial charge in [-0.05, 0) is 19.1 Å². The molecule has 0 fully saturated rings. The molecular weight excluding hydrogens is 142 g/mol. The van der Waals surface area contributed by atoms with Gasteiger partial charge in [-0.15, -0.1) is 5.10 Å². The molecule has 0 saturated heterocycles. The van der Waals surface area contributed by atoms with Gasteiger partial charge in [-0.25, -0.2) is 0 Å². The summed E-state index contributed by atoms with van der Waals surface area (Å²) < 4.78 is 0. The Labute approximate surface area is 64.9 Å². The van der Waals surface area contributed by atoms with Crippen LogP contribution in [0.4, 0.5) is 5.82 Å². The molecule has 1 aromatic rings. The van der Waals surface area contributed by atoms with E-state index in [2.05, 4.69) is 10.2 Å². The van der Waals surface area contributed by atoms with E-state index in [9.17, 15) is 4.79 Å². The smallest absolute Gasteiger partial charge is 0.215 e. The van der Waals surface area contributed by atoms with Crippen molar-refractivity contribution in [1.29, 1.82) is 0 Å². The van der Waals surface area contributed by atoms with Gasteiger partial charge >= 0.3 is 0 Å². The van der Waals surface area contributed by atoms with Crippen molar-refractivity contribution in [2.24, 2.45) is 0 Å². The molecule has 1 amide bonds. The predicted molar refractivity (Wildman–Crippen MR) is 41.1 cm³/mol. The van der Waals surface area contributed by atoms with Gasteiger partial charge in [-0.3, -0.25) is 9.69 Å². The number of aromatic nitrogens is 2. The molecule has 0 atom stereocenters. The maximum absolute atomic E-state index is 10.4. The lowest BCUT2D eigenvalue weighted by Crippen LogP contribution is -2.21. The number of amides is 1. The van der Waals surface area contributed by atoms with Crippen molar-refractivity contribution >= 4 is 12.2 Å². The summed E-state index contributed by atoms with van der Waals surface area (Å²) in [5.74, 6) is 0.588. The van der Waals surface area contributed by atoms with E-state index in [0.717, 1.165) is 6.41 Å². The second-order valence-electron chi connectivity index (χ2n) is 1.97. The van der Waals surface area contributed by atoms with E-state index in [0.29, 0.717) is 12.4 Å². The average Bonchev–Trinajstić information content (AvgIpc) is 2.09. The molecule has 1 heterocycles. The van der Waals surface area contributed by atoms with Crippen LogP contribution in [0.1, 0.15) is 6.92 Å². The minimum absolute atomic E-state index is 0.588. The molecule has 0 N–H and O–H groups in total. The third-order valence-electron chi connectivity index (χ3n) is 1.32. The molecule has 0 aliphatic rings. The van der Waals surface area contributed by atoms with Gasteiger partial charge in [0.25, 0.3) is 0 Å². The summed E-state index contributed by atoms with van der Waals surface area (Å²) in [5.41, 5.74) is 0. The minimum Gasteiger partial charge on any atom is -0.298 e. The highest BCUT2D eigenvalue weighted by atomic mass is 16.1. The molecule has 0 bridgehead atoms. The minimum atomic E-state index is 0.588. The second kappa shape index (κ2) is 3.65. The molecule has 58 valence electrons. The standard InChI is InChI=1S/C7H9N3O/c1-2-10(6-11)7-4-3-5-8-9-7/h3-6H,2H2,1H3. The van der Waals surface area contributed by atoms with E-state index >= 15 is 0 Å². The molecule has 0 aliphatic heterocycles. The monoisotopic (exact) mass is 151 g/mol. The summed E-state index contributed by atoms with van der Waals surface area (Å²) in [5, 5.41) is 7.42. The number of anilines is 1. The van der Waals surface area contributed by atoms with Gasteiger partial charge < -0.3 is 0 Å². The van der Waals surface area contributed by atoms with Gasteiger partial charge in [0.15, 0.2) is 5.82 Å². The number of rotatable bonds is 3. The van der Waals surface area contributed by atoms with Gasteiger partial charge in [0, 0.05) is 12.7 Å². The van der Waals surface area contributed by atoms with Crippen LogP contribution >= 0.6 is 0 Å². The highest BCUT2D eigenvalue weighted by Crippen LogP contribution is 2.03. The van der Waals surface area contributed by atoms with Crippen LogP contribution in [-0.2, 0) is 4.79 Å². The predicted octanol–water partition coefficient (Wildman–Crippen LogP) is 0.459. The molecule has 0 radical (unpaired) electrons. The van der Waals surface area contributed by atoms with Crippen molar-refractivity contribution < 1.29 is 4.79 Å². The van der Waals surface area contributed by atoms with E-state index in [-0.39, 0.29) is 0 Å². The topological polar surface area (TPSA) is 46.1 Å². The fraction of sp³-hybridized carbons (Fsp3) is 0.286. The first-order valence-electron chi connectivity index (χ1n) is 3.38. The first kappa shape index (κ1) is 7.65. The van der Waals surface area contributed by atoms with Crippen molar-refractivity contribution in [2.75, 3.05) is 11.4 Å². The summed E-state index contributed by atoms with van der Waals surface area (Å²) >= 11 is 0. The molecular formula is C7H9N3O. The highest BCUT2D eigenvalue weighted by Gasteiger charge is 2.01. The Kier molecular flexibility index (Phi) is 2.54. The van der Waals surface area contributed by atoms with E-state index in [1.807, 2.05) is 6.92 Å². The zero-order valence-electron chi connectivity index (χ0n) is 6.27. The summed E-state index contributed by atoms with van der Waals surface area (Å²) in [4.78, 5) is 11.9. The van der Waals surface area contributed by atoms with Crippen LogP contribution in [-0.4, -0.2) is 23.2 Å². The largest absolute Gasteiger partial charge is 0.298 e. The maximum atomic E-state index is 10.4. The number of hydrogen-bond acceptors (Lipinski definition) is 3. The zero-order valence-corrected chi connectivity index (χ0v) is 6.27. The summed E-state index contributed by atoms with van der Waals surface area (Å²) in [6.07, 6.45) is 2.31. The van der Waals surface area contributed by atoms with Crippen LogP contribution in [0, 0.1) is 0 Å².